The number of benzene rings is 1. The van der Waals surface area contributed by atoms with E-state index in [1.54, 1.807) is 0 Å². The molecule has 0 heterocycles. The van der Waals surface area contributed by atoms with E-state index in [0.29, 0.717) is 0 Å². The van der Waals surface area contributed by atoms with Crippen molar-refractivity contribution >= 4 is 5.69 Å². The van der Waals surface area contributed by atoms with Gasteiger partial charge in [0.15, 0.2) is 0 Å². The lowest BCUT2D eigenvalue weighted by Gasteiger charge is -2.25. The van der Waals surface area contributed by atoms with Crippen molar-refractivity contribution in [2.24, 2.45) is 0 Å². The number of hydrogen-bond donors (Lipinski definition) is 1. The monoisotopic (exact) mass is 260 g/mol. The highest BCUT2D eigenvalue weighted by Gasteiger charge is 2.28. The second-order valence-corrected chi connectivity index (χ2v) is 5.71. The Morgan fingerprint density at radius 2 is 2.00 bits per heavy atom. The minimum absolute atomic E-state index is 0.809. The van der Waals surface area contributed by atoms with Crippen molar-refractivity contribution in [1.29, 1.82) is 0 Å². The van der Waals surface area contributed by atoms with Crippen molar-refractivity contribution in [3.8, 4) is 0 Å². The lowest BCUT2D eigenvalue weighted by atomic mass is 10.1. The van der Waals surface area contributed by atoms with E-state index in [2.05, 4.69) is 49.2 Å². The van der Waals surface area contributed by atoms with Gasteiger partial charge in [-0.1, -0.05) is 19.9 Å². The quantitative estimate of drug-likeness (QED) is 0.714. The van der Waals surface area contributed by atoms with Crippen molar-refractivity contribution in [2.75, 3.05) is 18.0 Å². The molecule has 1 saturated carbocycles. The van der Waals surface area contributed by atoms with E-state index in [9.17, 15) is 0 Å². The third-order valence-corrected chi connectivity index (χ3v) is 3.85. The average molecular weight is 260 g/mol. The van der Waals surface area contributed by atoms with Crippen LogP contribution in [0.3, 0.4) is 0 Å². The van der Waals surface area contributed by atoms with Gasteiger partial charge in [-0.05, 0) is 62.4 Å². The largest absolute Gasteiger partial charge is 0.369 e. The lowest BCUT2D eigenvalue weighted by molar-refractivity contribution is 0.673. The zero-order valence-corrected chi connectivity index (χ0v) is 12.7. The molecule has 0 saturated heterocycles. The molecule has 1 aromatic carbocycles. The fourth-order valence-electron chi connectivity index (χ4n) is 2.61. The summed E-state index contributed by atoms with van der Waals surface area (Å²) in [6.07, 6.45) is 5.18. The summed E-state index contributed by atoms with van der Waals surface area (Å²) >= 11 is 0. The molecule has 0 radical (unpaired) electrons. The van der Waals surface area contributed by atoms with Crippen molar-refractivity contribution in [3.63, 3.8) is 0 Å². The Hall–Kier alpha value is -1.02. The second-order valence-electron chi connectivity index (χ2n) is 5.71. The minimum Gasteiger partial charge on any atom is -0.369 e. The molecule has 1 aromatic rings. The normalized spacial score (nSPS) is 14.7. The van der Waals surface area contributed by atoms with Gasteiger partial charge >= 0.3 is 0 Å². The summed E-state index contributed by atoms with van der Waals surface area (Å²) in [5.41, 5.74) is 4.27. The van der Waals surface area contributed by atoms with Crippen LogP contribution < -0.4 is 10.2 Å². The standard InChI is InChI=1S/C17H28N2/c1-4-10-18-13-15-6-7-17(12-14(15)3)19(11-5-2)16-8-9-16/h6-7,12,16,18H,4-5,8-11,13H2,1-3H3. The molecule has 2 nitrogen and oxygen atoms in total. The average Bonchev–Trinajstić information content (AvgIpc) is 3.22. The third-order valence-electron chi connectivity index (χ3n) is 3.85. The number of hydrogen-bond acceptors (Lipinski definition) is 2. The molecule has 1 N–H and O–H groups in total. The highest BCUT2D eigenvalue weighted by Crippen LogP contribution is 2.32. The molecule has 1 aliphatic rings. The van der Waals surface area contributed by atoms with E-state index in [1.807, 2.05) is 0 Å². The smallest absolute Gasteiger partial charge is 0.0371 e. The van der Waals surface area contributed by atoms with E-state index in [4.69, 9.17) is 0 Å². The van der Waals surface area contributed by atoms with Crippen LogP contribution in [0, 0.1) is 6.92 Å². The Morgan fingerprint density at radius 3 is 2.58 bits per heavy atom. The summed E-state index contributed by atoms with van der Waals surface area (Å²) in [5.74, 6) is 0. The van der Waals surface area contributed by atoms with Gasteiger partial charge in [0.1, 0.15) is 0 Å². The van der Waals surface area contributed by atoms with Crippen molar-refractivity contribution in [2.45, 2.75) is 59.0 Å². The van der Waals surface area contributed by atoms with Gasteiger partial charge in [0.2, 0.25) is 0 Å². The van der Waals surface area contributed by atoms with Gasteiger partial charge in [0.05, 0.1) is 0 Å². The molecule has 0 atom stereocenters. The summed E-state index contributed by atoms with van der Waals surface area (Å²) in [7, 11) is 0. The first-order chi connectivity index (χ1) is 9.26. The maximum atomic E-state index is 3.49. The molecular weight excluding hydrogens is 232 g/mol. The van der Waals surface area contributed by atoms with Crippen molar-refractivity contribution < 1.29 is 0 Å². The SMILES string of the molecule is CCCNCc1ccc(N(CCC)C2CC2)cc1C. The predicted molar refractivity (Wildman–Crippen MR) is 83.8 cm³/mol. The Morgan fingerprint density at radius 1 is 1.21 bits per heavy atom. The first-order valence-corrected chi connectivity index (χ1v) is 7.83. The maximum absolute atomic E-state index is 3.49. The van der Waals surface area contributed by atoms with Crippen LogP contribution in [0.25, 0.3) is 0 Å². The van der Waals surface area contributed by atoms with Crippen molar-refractivity contribution in [1.82, 2.24) is 5.32 Å². The number of nitrogens with one attached hydrogen (secondary N) is 1. The van der Waals surface area contributed by atoms with Gasteiger partial charge in [0, 0.05) is 24.8 Å². The maximum Gasteiger partial charge on any atom is 0.0371 e. The zero-order valence-electron chi connectivity index (χ0n) is 12.7. The minimum atomic E-state index is 0.809. The van der Waals surface area contributed by atoms with Gasteiger partial charge in [0.25, 0.3) is 0 Å². The van der Waals surface area contributed by atoms with Crippen LogP contribution >= 0.6 is 0 Å². The fraction of sp³-hybridized carbons (Fsp3) is 0.647. The van der Waals surface area contributed by atoms with E-state index in [1.165, 1.54) is 49.0 Å². The Labute approximate surface area is 118 Å². The van der Waals surface area contributed by atoms with Gasteiger partial charge in [-0.3, -0.25) is 0 Å². The van der Waals surface area contributed by atoms with Crippen LogP contribution in [-0.4, -0.2) is 19.1 Å². The Balaban J connectivity index is 2.04. The van der Waals surface area contributed by atoms with E-state index < -0.39 is 0 Å². The molecule has 0 unspecified atom stereocenters. The summed E-state index contributed by atoms with van der Waals surface area (Å²) < 4.78 is 0. The molecule has 2 rings (SSSR count). The number of nitrogens with zero attached hydrogens (tertiary/aromatic N) is 1. The van der Waals surface area contributed by atoms with Gasteiger partial charge in [-0.15, -0.1) is 0 Å². The van der Waals surface area contributed by atoms with Gasteiger partial charge in [-0.2, -0.15) is 0 Å². The van der Waals surface area contributed by atoms with Crippen LogP contribution in [0.5, 0.6) is 0 Å². The molecule has 106 valence electrons. The van der Waals surface area contributed by atoms with Crippen LogP contribution in [0.2, 0.25) is 0 Å². The molecule has 0 aliphatic heterocycles. The van der Waals surface area contributed by atoms with Crippen molar-refractivity contribution in [3.05, 3.63) is 29.3 Å². The summed E-state index contributed by atoms with van der Waals surface area (Å²) in [4.78, 5) is 2.59. The topological polar surface area (TPSA) is 15.3 Å². The molecular formula is C17H28N2. The Kier molecular flexibility index (Phi) is 5.26. The molecule has 2 heteroatoms. The van der Waals surface area contributed by atoms with Crippen LogP contribution in [0.4, 0.5) is 5.69 Å². The molecule has 0 bridgehead atoms. The zero-order chi connectivity index (χ0) is 13.7. The number of anilines is 1. The molecule has 0 spiro atoms. The van der Waals surface area contributed by atoms with E-state index in [-0.39, 0.29) is 0 Å². The van der Waals surface area contributed by atoms with E-state index in [0.717, 1.165) is 19.1 Å². The molecule has 0 aromatic heterocycles. The Bertz CT molecular complexity index is 396. The van der Waals surface area contributed by atoms with Crippen LogP contribution in [0.1, 0.15) is 50.7 Å². The molecule has 1 aliphatic carbocycles. The predicted octanol–water partition coefficient (Wildman–Crippen LogP) is 3.87. The lowest BCUT2D eigenvalue weighted by Crippen LogP contribution is -2.26. The number of aryl methyl sites for hydroxylation is 1. The van der Waals surface area contributed by atoms with Crippen LogP contribution in [-0.2, 0) is 6.54 Å². The number of rotatable bonds is 8. The first-order valence-electron chi connectivity index (χ1n) is 7.83. The molecule has 1 fully saturated rings. The summed E-state index contributed by atoms with van der Waals surface area (Å²) in [5, 5.41) is 3.49. The fourth-order valence-corrected chi connectivity index (χ4v) is 2.61. The van der Waals surface area contributed by atoms with Crippen LogP contribution in [0.15, 0.2) is 18.2 Å². The first kappa shape index (κ1) is 14.4. The van der Waals surface area contributed by atoms with Gasteiger partial charge in [-0.25, -0.2) is 0 Å². The summed E-state index contributed by atoms with van der Waals surface area (Å²) in [6.45, 7) is 10.0. The summed E-state index contributed by atoms with van der Waals surface area (Å²) in [6, 6.07) is 7.79. The second kappa shape index (κ2) is 6.95. The highest BCUT2D eigenvalue weighted by atomic mass is 15.2. The third kappa shape index (κ3) is 3.97. The molecule has 19 heavy (non-hydrogen) atoms. The van der Waals surface area contributed by atoms with E-state index >= 15 is 0 Å². The highest BCUT2D eigenvalue weighted by molar-refractivity contribution is 5.52. The van der Waals surface area contributed by atoms with Gasteiger partial charge < -0.3 is 10.2 Å². The molecule has 0 amide bonds.